The molecule has 1 unspecified atom stereocenters. The second-order valence-electron chi connectivity index (χ2n) is 12.7. The number of likely N-dealkylation sites (tertiary alicyclic amines) is 1. The molecule has 7 nitrogen and oxygen atoms in total. The third kappa shape index (κ3) is 4.55. The molecular formula is C34H31ClF3N5O2. The summed E-state index contributed by atoms with van der Waals surface area (Å²) < 4.78 is 50.5. The SMILES string of the molecule is C=C(F)C(=O)N1CCC2[C@H]1CN2c1nc(OC[C@@]23CCCN2C[C@H](F)C3)nc2cc(-c3cccc4cccc(Cl)c34)c(F)cc12. The van der Waals surface area contributed by atoms with E-state index in [0.717, 1.165) is 30.2 Å². The van der Waals surface area contributed by atoms with Gasteiger partial charge in [-0.3, -0.25) is 9.69 Å². The predicted octanol–water partition coefficient (Wildman–Crippen LogP) is 6.47. The zero-order valence-corrected chi connectivity index (χ0v) is 25.2. The van der Waals surface area contributed by atoms with E-state index >= 15 is 4.39 Å². The van der Waals surface area contributed by atoms with Crippen molar-refractivity contribution in [2.24, 2.45) is 0 Å². The molecular weight excluding hydrogens is 603 g/mol. The maximum Gasteiger partial charge on any atom is 0.319 e. The van der Waals surface area contributed by atoms with Gasteiger partial charge in [-0.2, -0.15) is 9.97 Å². The van der Waals surface area contributed by atoms with Crippen molar-refractivity contribution in [2.45, 2.75) is 49.5 Å². The molecule has 232 valence electrons. The molecule has 4 aromatic rings. The first-order valence-corrected chi connectivity index (χ1v) is 15.7. The maximum atomic E-state index is 16.1. The highest BCUT2D eigenvalue weighted by atomic mass is 35.5. The van der Waals surface area contributed by atoms with Crippen molar-refractivity contribution in [3.05, 3.63) is 71.8 Å². The third-order valence-electron chi connectivity index (χ3n) is 10.2. The average Bonchev–Trinajstić information content (AvgIpc) is 3.65. The molecule has 0 radical (unpaired) electrons. The van der Waals surface area contributed by atoms with Gasteiger partial charge in [0.2, 0.25) is 0 Å². The van der Waals surface area contributed by atoms with Crippen LogP contribution in [0.25, 0.3) is 32.8 Å². The number of alkyl halides is 1. The molecule has 0 aliphatic carbocycles. The Labute approximate surface area is 263 Å². The second kappa shape index (κ2) is 10.6. The molecule has 8 rings (SSSR count). The Morgan fingerprint density at radius 2 is 1.91 bits per heavy atom. The Morgan fingerprint density at radius 3 is 2.73 bits per heavy atom. The highest BCUT2D eigenvalue weighted by Crippen LogP contribution is 2.43. The maximum absolute atomic E-state index is 16.1. The van der Waals surface area contributed by atoms with Gasteiger partial charge in [0, 0.05) is 47.4 Å². The number of hydrogen-bond donors (Lipinski definition) is 0. The first-order valence-electron chi connectivity index (χ1n) is 15.4. The van der Waals surface area contributed by atoms with Crippen molar-refractivity contribution in [2.75, 3.05) is 37.7 Å². The number of nitrogens with zero attached hydrogens (tertiary/aromatic N) is 5. The molecule has 0 bridgehead atoms. The van der Waals surface area contributed by atoms with Crippen molar-refractivity contribution in [1.29, 1.82) is 0 Å². The highest BCUT2D eigenvalue weighted by molar-refractivity contribution is 6.36. The molecule has 0 spiro atoms. The number of benzene rings is 3. The van der Waals surface area contributed by atoms with Crippen LogP contribution in [0.4, 0.5) is 19.0 Å². The number of anilines is 1. The van der Waals surface area contributed by atoms with E-state index in [1.54, 1.807) is 12.1 Å². The summed E-state index contributed by atoms with van der Waals surface area (Å²) in [4.78, 5) is 27.6. The van der Waals surface area contributed by atoms with Crippen molar-refractivity contribution in [1.82, 2.24) is 19.8 Å². The number of carbonyl (C=O) groups is 1. The van der Waals surface area contributed by atoms with Crippen LogP contribution in [-0.4, -0.2) is 82.3 Å². The first-order chi connectivity index (χ1) is 21.7. The minimum Gasteiger partial charge on any atom is -0.461 e. The van der Waals surface area contributed by atoms with E-state index < -0.39 is 29.3 Å². The van der Waals surface area contributed by atoms with Crippen LogP contribution in [0.3, 0.4) is 0 Å². The summed E-state index contributed by atoms with van der Waals surface area (Å²) >= 11 is 6.60. The molecule has 4 saturated heterocycles. The summed E-state index contributed by atoms with van der Waals surface area (Å²) in [6, 6.07) is 14.1. The fourth-order valence-corrected chi connectivity index (χ4v) is 8.32. The number of fused-ring (bicyclic) bond motifs is 4. The van der Waals surface area contributed by atoms with Crippen LogP contribution in [0.2, 0.25) is 5.02 Å². The molecule has 0 saturated carbocycles. The van der Waals surface area contributed by atoms with Gasteiger partial charge in [0.25, 0.3) is 5.91 Å². The van der Waals surface area contributed by atoms with E-state index in [-0.39, 0.29) is 24.7 Å². The molecule has 1 aromatic heterocycles. The molecule has 4 atom stereocenters. The van der Waals surface area contributed by atoms with E-state index in [4.69, 9.17) is 26.3 Å². The molecule has 11 heteroatoms. The molecule has 1 amide bonds. The van der Waals surface area contributed by atoms with E-state index in [9.17, 15) is 13.6 Å². The minimum absolute atomic E-state index is 0.120. The van der Waals surface area contributed by atoms with Gasteiger partial charge in [-0.1, -0.05) is 48.5 Å². The molecule has 0 N–H and O–H groups in total. The lowest BCUT2D eigenvalue weighted by Crippen LogP contribution is -2.63. The summed E-state index contributed by atoms with van der Waals surface area (Å²) in [6.07, 6.45) is 1.94. The predicted molar refractivity (Wildman–Crippen MR) is 167 cm³/mol. The molecule has 4 aliphatic rings. The summed E-state index contributed by atoms with van der Waals surface area (Å²) in [5, 5.41) is 2.64. The highest BCUT2D eigenvalue weighted by Gasteiger charge is 2.51. The Bertz CT molecular complexity index is 1880. The van der Waals surface area contributed by atoms with E-state index in [0.29, 0.717) is 65.3 Å². The van der Waals surface area contributed by atoms with Gasteiger partial charge < -0.3 is 14.5 Å². The summed E-state index contributed by atoms with van der Waals surface area (Å²) in [5.74, 6) is -1.65. The quantitative estimate of drug-likeness (QED) is 0.227. The van der Waals surface area contributed by atoms with Gasteiger partial charge in [-0.15, -0.1) is 0 Å². The lowest BCUT2D eigenvalue weighted by atomic mass is 9.94. The Kier molecular flexibility index (Phi) is 6.73. The standard InChI is InChI=1S/C34H31ClF3N5O2/c1-19(36)32(44)42-12-9-28-29(42)17-43(28)31-24-13-26(38)23(22-7-2-5-20-6-3-8-25(35)30(20)22)14-27(24)39-33(40-31)45-18-34-10-4-11-41(34)16-21(37)15-34/h2-3,5-8,13-14,21,28-29H,1,4,9-12,15-18H2/t21-,28?,29-,34+/m1/s1. The fraction of sp³-hybridized carbons (Fsp3) is 0.382. The van der Waals surface area contributed by atoms with E-state index in [1.165, 1.54) is 11.0 Å². The van der Waals surface area contributed by atoms with Crippen molar-refractivity contribution < 1.29 is 22.7 Å². The summed E-state index contributed by atoms with van der Waals surface area (Å²) in [7, 11) is 0. The van der Waals surface area contributed by atoms with Gasteiger partial charge in [0.1, 0.15) is 24.4 Å². The number of hydrogen-bond acceptors (Lipinski definition) is 6. The van der Waals surface area contributed by atoms with Crippen LogP contribution in [0, 0.1) is 5.82 Å². The van der Waals surface area contributed by atoms with Crippen LogP contribution in [-0.2, 0) is 4.79 Å². The normalized spacial score (nSPS) is 25.9. The van der Waals surface area contributed by atoms with Crippen LogP contribution in [0.1, 0.15) is 25.7 Å². The molecule has 4 aliphatic heterocycles. The Balaban J connectivity index is 1.21. The van der Waals surface area contributed by atoms with Gasteiger partial charge in [-0.25, -0.2) is 13.2 Å². The van der Waals surface area contributed by atoms with Gasteiger partial charge in [0.05, 0.1) is 23.1 Å². The number of amides is 1. The third-order valence-corrected chi connectivity index (χ3v) is 10.5. The number of ether oxygens (including phenoxy) is 1. The summed E-state index contributed by atoms with van der Waals surface area (Å²) in [6.45, 7) is 5.45. The molecule has 45 heavy (non-hydrogen) atoms. The van der Waals surface area contributed by atoms with Crippen molar-refractivity contribution >= 4 is 45.0 Å². The number of halogens is 4. The van der Waals surface area contributed by atoms with E-state index in [1.807, 2.05) is 35.2 Å². The molecule has 5 heterocycles. The topological polar surface area (TPSA) is 61.8 Å². The van der Waals surface area contributed by atoms with Crippen molar-refractivity contribution in [3.63, 3.8) is 0 Å². The first kappa shape index (κ1) is 28.6. The average molecular weight is 634 g/mol. The lowest BCUT2D eigenvalue weighted by molar-refractivity contribution is -0.130. The fourth-order valence-electron chi connectivity index (χ4n) is 8.04. The van der Waals surface area contributed by atoms with Crippen molar-refractivity contribution in [3.8, 4) is 17.1 Å². The number of carbonyl (C=O) groups excluding carboxylic acids is 1. The minimum atomic E-state index is -0.983. The second-order valence-corrected chi connectivity index (χ2v) is 13.1. The van der Waals surface area contributed by atoms with Crippen LogP contribution in [0.15, 0.2) is 60.9 Å². The Hall–Kier alpha value is -3.89. The van der Waals surface area contributed by atoms with Gasteiger partial charge in [0.15, 0.2) is 5.83 Å². The van der Waals surface area contributed by atoms with Crippen LogP contribution in [0.5, 0.6) is 6.01 Å². The monoisotopic (exact) mass is 633 g/mol. The number of rotatable bonds is 6. The largest absolute Gasteiger partial charge is 0.461 e. The lowest BCUT2D eigenvalue weighted by Gasteiger charge is -2.47. The Morgan fingerprint density at radius 1 is 1.09 bits per heavy atom. The van der Waals surface area contributed by atoms with E-state index in [2.05, 4.69) is 11.5 Å². The van der Waals surface area contributed by atoms with Gasteiger partial charge >= 0.3 is 6.01 Å². The zero-order valence-electron chi connectivity index (χ0n) is 24.5. The van der Waals surface area contributed by atoms with Crippen LogP contribution < -0.4 is 9.64 Å². The molecule has 3 aromatic carbocycles. The smallest absolute Gasteiger partial charge is 0.319 e. The number of aromatic nitrogens is 2. The summed E-state index contributed by atoms with van der Waals surface area (Å²) in [5.41, 5.74) is 1.07. The van der Waals surface area contributed by atoms with Gasteiger partial charge in [-0.05, 0) is 55.0 Å². The zero-order chi connectivity index (χ0) is 31.0. The molecule has 4 fully saturated rings. The van der Waals surface area contributed by atoms with Crippen LogP contribution >= 0.6 is 11.6 Å².